The lowest BCUT2D eigenvalue weighted by Crippen LogP contribution is -2.05. The van der Waals surface area contributed by atoms with Gasteiger partial charge >= 0.3 is 6.18 Å². The molecular weight excluding hydrogens is 301 g/mol. The third-order valence-electron chi connectivity index (χ3n) is 3.28. The molecule has 0 amide bonds. The van der Waals surface area contributed by atoms with Crippen molar-refractivity contribution >= 4 is 16.6 Å². The summed E-state index contributed by atoms with van der Waals surface area (Å²) < 4.78 is 38.4. The van der Waals surface area contributed by atoms with E-state index in [-0.39, 0.29) is 0 Å². The van der Waals surface area contributed by atoms with Crippen molar-refractivity contribution in [1.82, 2.24) is 4.98 Å². The van der Waals surface area contributed by atoms with Crippen molar-refractivity contribution in [3.63, 3.8) is 0 Å². The number of nitrogens with zero attached hydrogens (tertiary/aromatic N) is 1. The minimum atomic E-state index is -4.40. The minimum Gasteiger partial charge on any atom is -0.398 e. The van der Waals surface area contributed by atoms with Gasteiger partial charge in [-0.25, -0.2) is 0 Å². The van der Waals surface area contributed by atoms with Crippen molar-refractivity contribution < 1.29 is 13.2 Å². The van der Waals surface area contributed by atoms with Gasteiger partial charge in [-0.2, -0.15) is 13.2 Å². The average Bonchev–Trinajstić information content (AvgIpc) is 2.55. The number of benzene rings is 2. The smallest absolute Gasteiger partial charge is 0.398 e. The summed E-state index contributed by atoms with van der Waals surface area (Å²) in [5, 5.41) is 0.854. The summed E-state index contributed by atoms with van der Waals surface area (Å²) in [7, 11) is 0. The maximum Gasteiger partial charge on any atom is 0.416 e. The number of aromatic nitrogens is 1. The number of anilines is 1. The molecule has 0 aliphatic rings. The number of fused-ring (bicyclic) bond motifs is 1. The van der Waals surface area contributed by atoms with Crippen molar-refractivity contribution in [1.29, 1.82) is 0 Å². The number of hydrogen-bond donors (Lipinski definition) is 1. The van der Waals surface area contributed by atoms with Crippen molar-refractivity contribution in [2.45, 2.75) is 20.0 Å². The van der Waals surface area contributed by atoms with Gasteiger partial charge in [0.15, 0.2) is 0 Å². The normalized spacial score (nSPS) is 11.0. The van der Waals surface area contributed by atoms with Crippen LogP contribution in [0, 0.1) is 0 Å². The number of nitrogens with two attached hydrogens (primary N) is 1. The molecule has 1 aromatic heterocycles. The zero-order valence-electron chi connectivity index (χ0n) is 12.9. The quantitative estimate of drug-likeness (QED) is 0.599. The number of nitrogen functional groups attached to an aromatic ring is 1. The zero-order valence-corrected chi connectivity index (χ0v) is 12.9. The van der Waals surface area contributed by atoms with E-state index in [1.54, 1.807) is 6.07 Å². The Morgan fingerprint density at radius 3 is 2.35 bits per heavy atom. The molecule has 0 spiro atoms. The van der Waals surface area contributed by atoms with Gasteiger partial charge < -0.3 is 5.73 Å². The Hall–Kier alpha value is -2.56. The molecule has 3 rings (SSSR count). The first-order chi connectivity index (χ1) is 10.9. The average molecular weight is 318 g/mol. The SMILES string of the molecule is CC.Nc1ccc(C(F)(F)F)cc1-c1cnc2ccccc2c1. The third kappa shape index (κ3) is 3.62. The summed E-state index contributed by atoms with van der Waals surface area (Å²) in [4.78, 5) is 4.25. The molecule has 120 valence electrons. The van der Waals surface area contributed by atoms with Crippen LogP contribution in [0.3, 0.4) is 0 Å². The van der Waals surface area contributed by atoms with Crippen molar-refractivity contribution in [3.05, 3.63) is 60.3 Å². The van der Waals surface area contributed by atoms with Gasteiger partial charge in [0, 0.05) is 28.4 Å². The Kier molecular flexibility index (Phi) is 4.89. The predicted octanol–water partition coefficient (Wildman–Crippen LogP) is 5.53. The topological polar surface area (TPSA) is 38.9 Å². The largest absolute Gasteiger partial charge is 0.416 e. The molecule has 2 aromatic carbocycles. The van der Waals surface area contributed by atoms with Crippen LogP contribution >= 0.6 is 0 Å². The van der Waals surface area contributed by atoms with Crippen molar-refractivity contribution in [2.24, 2.45) is 0 Å². The van der Waals surface area contributed by atoms with Gasteiger partial charge in [0.2, 0.25) is 0 Å². The van der Waals surface area contributed by atoms with E-state index in [1.165, 1.54) is 12.3 Å². The van der Waals surface area contributed by atoms with Gasteiger partial charge in [-0.05, 0) is 30.3 Å². The molecule has 23 heavy (non-hydrogen) atoms. The first kappa shape index (κ1) is 16.8. The second-order valence-corrected chi connectivity index (χ2v) is 4.72. The van der Waals surface area contributed by atoms with Gasteiger partial charge in [0.05, 0.1) is 11.1 Å². The van der Waals surface area contributed by atoms with E-state index in [0.29, 0.717) is 16.8 Å². The highest BCUT2D eigenvalue weighted by Gasteiger charge is 2.31. The highest BCUT2D eigenvalue weighted by atomic mass is 19.4. The Morgan fingerprint density at radius 1 is 0.957 bits per heavy atom. The molecule has 0 unspecified atom stereocenters. The molecule has 2 N–H and O–H groups in total. The minimum absolute atomic E-state index is 0.292. The van der Waals surface area contributed by atoms with E-state index >= 15 is 0 Å². The molecule has 0 atom stereocenters. The molecule has 1 heterocycles. The van der Waals surface area contributed by atoms with Gasteiger partial charge in [-0.15, -0.1) is 0 Å². The van der Waals surface area contributed by atoms with Crippen LogP contribution in [0.2, 0.25) is 0 Å². The molecular formula is C18H17F3N2. The molecule has 5 heteroatoms. The molecule has 0 fully saturated rings. The van der Waals surface area contributed by atoms with Crippen LogP contribution in [0.15, 0.2) is 54.7 Å². The number of para-hydroxylation sites is 1. The second kappa shape index (κ2) is 6.69. The third-order valence-corrected chi connectivity index (χ3v) is 3.28. The van der Waals surface area contributed by atoms with Crippen LogP contribution in [0.4, 0.5) is 18.9 Å². The van der Waals surface area contributed by atoms with E-state index in [1.807, 2.05) is 38.1 Å². The maximum absolute atomic E-state index is 12.8. The molecule has 0 bridgehead atoms. The summed E-state index contributed by atoms with van der Waals surface area (Å²) in [6, 6.07) is 12.5. The first-order valence-corrected chi connectivity index (χ1v) is 7.27. The Balaban J connectivity index is 0.000000924. The fourth-order valence-corrected chi connectivity index (χ4v) is 2.20. The fourth-order valence-electron chi connectivity index (χ4n) is 2.20. The van der Waals surface area contributed by atoms with Crippen molar-refractivity contribution in [2.75, 3.05) is 5.73 Å². The summed E-state index contributed by atoms with van der Waals surface area (Å²) >= 11 is 0. The number of rotatable bonds is 1. The van der Waals surface area contributed by atoms with Gasteiger partial charge in [-0.3, -0.25) is 4.98 Å². The molecule has 3 aromatic rings. The Bertz CT molecular complexity index is 811. The van der Waals surface area contributed by atoms with Gasteiger partial charge in [0.1, 0.15) is 0 Å². The van der Waals surface area contributed by atoms with E-state index in [0.717, 1.165) is 23.0 Å². The van der Waals surface area contributed by atoms with Crippen LogP contribution in [0.25, 0.3) is 22.0 Å². The standard InChI is InChI=1S/C16H11F3N2.C2H6/c17-16(18,19)12-5-6-14(20)13(8-12)11-7-10-3-1-2-4-15(10)21-9-11;1-2/h1-9H,20H2;1-2H3. The zero-order chi connectivity index (χ0) is 17.0. The van der Waals surface area contributed by atoms with Crippen LogP contribution in [-0.2, 0) is 6.18 Å². The van der Waals surface area contributed by atoms with E-state index in [4.69, 9.17) is 5.73 Å². The Morgan fingerprint density at radius 2 is 1.65 bits per heavy atom. The first-order valence-electron chi connectivity index (χ1n) is 7.27. The molecule has 0 aliphatic carbocycles. The summed E-state index contributed by atoms with van der Waals surface area (Å²) in [5.41, 5.74) is 7.07. The monoisotopic (exact) mass is 318 g/mol. The highest BCUT2D eigenvalue weighted by molar-refractivity contribution is 5.86. The molecule has 2 nitrogen and oxygen atoms in total. The molecule has 0 saturated carbocycles. The molecule has 0 radical (unpaired) electrons. The maximum atomic E-state index is 12.8. The lowest BCUT2D eigenvalue weighted by Gasteiger charge is -2.11. The van der Waals surface area contributed by atoms with E-state index in [2.05, 4.69) is 4.98 Å². The summed E-state index contributed by atoms with van der Waals surface area (Å²) in [6.07, 6.45) is -2.86. The van der Waals surface area contributed by atoms with Crippen LogP contribution in [0.1, 0.15) is 19.4 Å². The predicted molar refractivity (Wildman–Crippen MR) is 87.9 cm³/mol. The molecule has 0 saturated heterocycles. The molecule has 0 aliphatic heterocycles. The lowest BCUT2D eigenvalue weighted by atomic mass is 10.0. The lowest BCUT2D eigenvalue weighted by molar-refractivity contribution is -0.137. The number of hydrogen-bond acceptors (Lipinski definition) is 2. The van der Waals surface area contributed by atoms with Gasteiger partial charge in [0.25, 0.3) is 0 Å². The van der Waals surface area contributed by atoms with E-state index in [9.17, 15) is 13.2 Å². The highest BCUT2D eigenvalue weighted by Crippen LogP contribution is 2.35. The van der Waals surface area contributed by atoms with Gasteiger partial charge in [-0.1, -0.05) is 32.0 Å². The van der Waals surface area contributed by atoms with Crippen LogP contribution < -0.4 is 5.73 Å². The number of halogens is 3. The Labute approximate surface area is 132 Å². The fraction of sp³-hybridized carbons (Fsp3) is 0.167. The van der Waals surface area contributed by atoms with Crippen LogP contribution in [-0.4, -0.2) is 4.98 Å². The summed E-state index contributed by atoms with van der Waals surface area (Å²) in [5.74, 6) is 0. The van der Waals surface area contributed by atoms with Crippen molar-refractivity contribution in [3.8, 4) is 11.1 Å². The van der Waals surface area contributed by atoms with Crippen LogP contribution in [0.5, 0.6) is 0 Å². The number of pyridine rings is 1. The second-order valence-electron chi connectivity index (χ2n) is 4.72. The van der Waals surface area contributed by atoms with E-state index < -0.39 is 11.7 Å². The summed E-state index contributed by atoms with van der Waals surface area (Å²) in [6.45, 7) is 4.00. The number of alkyl halides is 3.